The molecule has 0 saturated carbocycles. The van der Waals surface area contributed by atoms with Gasteiger partial charge in [-0.25, -0.2) is 0 Å². The molecule has 0 unspecified atom stereocenters. The van der Waals surface area contributed by atoms with E-state index in [0.717, 1.165) is 26.7 Å². The van der Waals surface area contributed by atoms with Crippen molar-refractivity contribution in [2.75, 3.05) is 18.5 Å². The maximum absolute atomic E-state index is 12.9. The molecule has 0 aromatic heterocycles. The maximum atomic E-state index is 12.9. The molecule has 0 aliphatic carbocycles. The number of nitrogens with one attached hydrogen (secondary N) is 1. The largest absolute Gasteiger partial charge is 0.490 e. The molecule has 1 N–H and O–H groups in total. The van der Waals surface area contributed by atoms with Crippen molar-refractivity contribution in [2.45, 2.75) is 13.5 Å². The highest BCUT2D eigenvalue weighted by Gasteiger charge is 2.36. The van der Waals surface area contributed by atoms with E-state index in [0.29, 0.717) is 34.4 Å². The van der Waals surface area contributed by atoms with Gasteiger partial charge in [-0.1, -0.05) is 51.8 Å². The van der Waals surface area contributed by atoms with Crippen molar-refractivity contribution in [1.82, 2.24) is 4.90 Å². The van der Waals surface area contributed by atoms with Crippen LogP contribution in [-0.2, 0) is 16.2 Å². The highest BCUT2D eigenvalue weighted by atomic mass is 79.9. The number of hydrogen-bond acceptors (Lipinski definition) is 6. The Morgan fingerprint density at radius 3 is 2.54 bits per heavy atom. The highest BCUT2D eigenvalue weighted by Crippen LogP contribution is 2.35. The Kier molecular flexibility index (Phi) is 8.91. The van der Waals surface area contributed by atoms with E-state index >= 15 is 0 Å². The molecular weight excluding hydrogens is 580 g/mol. The number of benzene rings is 3. The molecule has 7 nitrogen and oxygen atoms in total. The van der Waals surface area contributed by atoms with E-state index in [-0.39, 0.29) is 18.1 Å². The van der Waals surface area contributed by atoms with Gasteiger partial charge in [-0.05, 0) is 72.8 Å². The summed E-state index contributed by atoms with van der Waals surface area (Å²) in [6.07, 6.45) is 1.60. The normalized spacial score (nSPS) is 14.2. The number of amides is 3. The first kappa shape index (κ1) is 26.8. The van der Waals surface area contributed by atoms with Crippen LogP contribution in [0.4, 0.5) is 10.5 Å². The minimum atomic E-state index is -0.530. The Labute approximate surface area is 231 Å². The summed E-state index contributed by atoms with van der Waals surface area (Å²) in [4.78, 5) is 38.9. The quantitative estimate of drug-likeness (QED) is 0.273. The van der Waals surface area contributed by atoms with Crippen molar-refractivity contribution in [3.63, 3.8) is 0 Å². The molecule has 3 amide bonds. The number of halogens is 2. The molecule has 0 atom stereocenters. The first-order chi connectivity index (χ1) is 17.8. The summed E-state index contributed by atoms with van der Waals surface area (Å²) in [5.41, 5.74) is 2.06. The monoisotopic (exact) mass is 600 g/mol. The Bertz CT molecular complexity index is 1360. The standard InChI is InChI=1S/C27H22BrClN2O5S/c1-2-35-23-13-17(7-12-22(23)36-16-18-5-3-4-6-21(18)29)14-24-26(33)31(27(34)37-24)15-25(32)30-20-10-8-19(28)9-11-20/h3-14H,2,15-16H2,1H3,(H,30,32)/b24-14+. The Morgan fingerprint density at radius 1 is 1.05 bits per heavy atom. The molecular formula is C27H22BrClN2O5S. The fourth-order valence-corrected chi connectivity index (χ4v) is 4.73. The average molecular weight is 602 g/mol. The van der Waals surface area contributed by atoms with Crippen LogP contribution < -0.4 is 14.8 Å². The minimum absolute atomic E-state index is 0.216. The first-order valence-corrected chi connectivity index (χ1v) is 13.3. The predicted octanol–water partition coefficient (Wildman–Crippen LogP) is 6.76. The zero-order valence-electron chi connectivity index (χ0n) is 19.7. The summed E-state index contributed by atoms with van der Waals surface area (Å²) in [7, 11) is 0. The number of carbonyl (C=O) groups is 3. The molecule has 1 heterocycles. The Balaban J connectivity index is 1.45. The molecule has 0 radical (unpaired) electrons. The van der Waals surface area contributed by atoms with Crippen LogP contribution in [0.25, 0.3) is 6.08 Å². The van der Waals surface area contributed by atoms with Gasteiger partial charge in [-0.15, -0.1) is 0 Å². The lowest BCUT2D eigenvalue weighted by Gasteiger charge is -2.13. The highest BCUT2D eigenvalue weighted by molar-refractivity contribution is 9.10. The number of nitrogens with zero attached hydrogens (tertiary/aromatic N) is 1. The van der Waals surface area contributed by atoms with Crippen LogP contribution in [-0.4, -0.2) is 35.1 Å². The average Bonchev–Trinajstić information content (AvgIpc) is 3.13. The van der Waals surface area contributed by atoms with E-state index < -0.39 is 17.1 Å². The summed E-state index contributed by atoms with van der Waals surface area (Å²) >= 11 is 10.3. The molecule has 10 heteroatoms. The zero-order chi connectivity index (χ0) is 26.4. The Hall–Kier alpha value is -3.27. The summed E-state index contributed by atoms with van der Waals surface area (Å²) in [5.74, 6) is 0.0236. The van der Waals surface area contributed by atoms with E-state index in [4.69, 9.17) is 21.1 Å². The van der Waals surface area contributed by atoms with Gasteiger partial charge < -0.3 is 14.8 Å². The van der Waals surface area contributed by atoms with Gasteiger partial charge in [-0.2, -0.15) is 0 Å². The van der Waals surface area contributed by atoms with Crippen molar-refractivity contribution >= 4 is 68.1 Å². The van der Waals surface area contributed by atoms with E-state index in [1.54, 1.807) is 54.6 Å². The summed E-state index contributed by atoms with van der Waals surface area (Å²) in [5, 5.41) is 2.79. The smallest absolute Gasteiger partial charge is 0.294 e. The van der Waals surface area contributed by atoms with Crippen molar-refractivity contribution in [3.05, 3.63) is 92.3 Å². The van der Waals surface area contributed by atoms with E-state index in [1.807, 2.05) is 25.1 Å². The molecule has 1 aliphatic heterocycles. The third kappa shape index (κ3) is 6.94. The number of anilines is 1. The molecule has 1 fully saturated rings. The Morgan fingerprint density at radius 2 is 1.81 bits per heavy atom. The van der Waals surface area contributed by atoms with Gasteiger partial charge in [0.15, 0.2) is 11.5 Å². The van der Waals surface area contributed by atoms with E-state index in [1.165, 1.54) is 0 Å². The van der Waals surface area contributed by atoms with Crippen LogP contribution in [0.2, 0.25) is 5.02 Å². The van der Waals surface area contributed by atoms with Gasteiger partial charge in [0, 0.05) is 20.7 Å². The number of ether oxygens (including phenoxy) is 2. The molecule has 1 saturated heterocycles. The number of carbonyl (C=O) groups excluding carboxylic acids is 3. The van der Waals surface area contributed by atoms with Crippen LogP contribution in [0.15, 0.2) is 76.1 Å². The van der Waals surface area contributed by atoms with E-state index in [9.17, 15) is 14.4 Å². The molecule has 190 valence electrons. The minimum Gasteiger partial charge on any atom is -0.490 e. The lowest BCUT2D eigenvalue weighted by atomic mass is 10.1. The summed E-state index contributed by atoms with van der Waals surface area (Å²) in [6.45, 7) is 2.16. The van der Waals surface area contributed by atoms with Crippen molar-refractivity contribution in [2.24, 2.45) is 0 Å². The van der Waals surface area contributed by atoms with Crippen LogP contribution in [0, 0.1) is 0 Å². The van der Waals surface area contributed by atoms with Gasteiger partial charge in [0.1, 0.15) is 13.2 Å². The lowest BCUT2D eigenvalue weighted by Crippen LogP contribution is -2.36. The van der Waals surface area contributed by atoms with Crippen LogP contribution >= 0.6 is 39.3 Å². The number of hydrogen-bond donors (Lipinski definition) is 1. The van der Waals surface area contributed by atoms with Crippen LogP contribution in [0.5, 0.6) is 11.5 Å². The molecule has 37 heavy (non-hydrogen) atoms. The number of imide groups is 1. The van der Waals surface area contributed by atoms with Gasteiger partial charge in [0.2, 0.25) is 5.91 Å². The third-order valence-corrected chi connectivity index (χ3v) is 7.01. The maximum Gasteiger partial charge on any atom is 0.294 e. The molecule has 1 aliphatic rings. The second-order valence-corrected chi connectivity index (χ2v) is 10.2. The van der Waals surface area contributed by atoms with Crippen molar-refractivity contribution < 1.29 is 23.9 Å². The summed E-state index contributed by atoms with van der Waals surface area (Å²) in [6, 6.07) is 19.6. The van der Waals surface area contributed by atoms with Crippen LogP contribution in [0.1, 0.15) is 18.1 Å². The zero-order valence-corrected chi connectivity index (χ0v) is 22.9. The number of rotatable bonds is 9. The fraction of sp³-hybridized carbons (Fsp3) is 0.148. The predicted molar refractivity (Wildman–Crippen MR) is 149 cm³/mol. The van der Waals surface area contributed by atoms with Crippen molar-refractivity contribution in [1.29, 1.82) is 0 Å². The molecule has 3 aromatic rings. The fourth-order valence-electron chi connectivity index (χ4n) is 3.44. The summed E-state index contributed by atoms with van der Waals surface area (Å²) < 4.78 is 12.5. The van der Waals surface area contributed by atoms with E-state index in [2.05, 4.69) is 21.2 Å². The van der Waals surface area contributed by atoms with Gasteiger partial charge in [0.05, 0.1) is 11.5 Å². The van der Waals surface area contributed by atoms with Gasteiger partial charge >= 0.3 is 0 Å². The first-order valence-electron chi connectivity index (χ1n) is 11.3. The number of thioether (sulfide) groups is 1. The van der Waals surface area contributed by atoms with Gasteiger partial charge in [0.25, 0.3) is 11.1 Å². The van der Waals surface area contributed by atoms with Crippen molar-refractivity contribution in [3.8, 4) is 11.5 Å². The molecule has 0 bridgehead atoms. The molecule has 0 spiro atoms. The topological polar surface area (TPSA) is 84.9 Å². The van der Waals surface area contributed by atoms with Gasteiger partial charge in [-0.3, -0.25) is 19.3 Å². The van der Waals surface area contributed by atoms with Crippen LogP contribution in [0.3, 0.4) is 0 Å². The lowest BCUT2D eigenvalue weighted by molar-refractivity contribution is -0.127. The third-order valence-electron chi connectivity index (χ3n) is 5.21. The molecule has 4 rings (SSSR count). The second kappa shape index (κ2) is 12.3. The molecule has 3 aromatic carbocycles. The second-order valence-electron chi connectivity index (χ2n) is 7.84. The SMILES string of the molecule is CCOc1cc(/C=C2/SC(=O)N(CC(=O)Nc3ccc(Br)cc3)C2=O)ccc1OCc1ccccc1Cl.